The number of hydrogen-bond donors (Lipinski definition) is 0. The molecule has 4 heteroatoms. The van der Waals surface area contributed by atoms with E-state index in [0.29, 0.717) is 4.90 Å². The smallest absolute Gasteiger partial charge is 0.175 e. The molecule has 0 unspecified atom stereocenters. The van der Waals surface area contributed by atoms with Gasteiger partial charge >= 0.3 is 0 Å². The normalized spacial score (nSPS) is 11.5. The summed E-state index contributed by atoms with van der Waals surface area (Å²) in [5, 5.41) is 0. The standard InChI is InChI=1S/C13H21NO2S/c1-4-10-14(11-5-2)12-6-8-13(9-7-12)17(3,15)16/h6-9H,4-5,10-11H2,1-3H3. The quantitative estimate of drug-likeness (QED) is 0.784. The molecule has 1 aromatic rings. The second kappa shape index (κ2) is 6.05. The molecule has 1 aromatic carbocycles. The molecule has 0 heterocycles. The Morgan fingerprint density at radius 2 is 1.47 bits per heavy atom. The fourth-order valence-corrected chi connectivity index (χ4v) is 2.44. The Morgan fingerprint density at radius 3 is 1.82 bits per heavy atom. The number of benzene rings is 1. The SMILES string of the molecule is CCCN(CCC)c1ccc(S(C)(=O)=O)cc1. The molecule has 0 atom stereocenters. The van der Waals surface area contributed by atoms with Crippen LogP contribution in [0.5, 0.6) is 0 Å². The minimum atomic E-state index is -3.09. The minimum absolute atomic E-state index is 0.384. The highest BCUT2D eigenvalue weighted by molar-refractivity contribution is 7.90. The highest BCUT2D eigenvalue weighted by Gasteiger charge is 2.08. The van der Waals surface area contributed by atoms with Crippen molar-refractivity contribution in [2.45, 2.75) is 31.6 Å². The predicted molar refractivity (Wildman–Crippen MR) is 72.3 cm³/mol. The van der Waals surface area contributed by atoms with E-state index in [4.69, 9.17) is 0 Å². The maximum atomic E-state index is 11.4. The van der Waals surface area contributed by atoms with Crippen molar-refractivity contribution in [3.63, 3.8) is 0 Å². The maximum absolute atomic E-state index is 11.4. The van der Waals surface area contributed by atoms with E-state index in [9.17, 15) is 8.42 Å². The van der Waals surface area contributed by atoms with Crippen LogP contribution < -0.4 is 4.90 Å². The molecule has 0 aliphatic rings. The minimum Gasteiger partial charge on any atom is -0.372 e. The summed E-state index contributed by atoms with van der Waals surface area (Å²) in [5.41, 5.74) is 1.10. The highest BCUT2D eigenvalue weighted by atomic mass is 32.2. The first-order valence-electron chi connectivity index (χ1n) is 6.04. The summed E-state index contributed by atoms with van der Waals surface area (Å²) in [7, 11) is -3.09. The zero-order valence-corrected chi connectivity index (χ0v) is 11.6. The molecule has 0 aliphatic carbocycles. The zero-order chi connectivity index (χ0) is 12.9. The van der Waals surface area contributed by atoms with Crippen LogP contribution in [0.4, 0.5) is 5.69 Å². The zero-order valence-electron chi connectivity index (χ0n) is 10.8. The van der Waals surface area contributed by atoms with Crippen molar-refractivity contribution in [2.75, 3.05) is 24.2 Å². The summed E-state index contributed by atoms with van der Waals surface area (Å²) in [6.07, 6.45) is 3.42. The van der Waals surface area contributed by atoms with Gasteiger partial charge in [0, 0.05) is 25.0 Å². The van der Waals surface area contributed by atoms with Crippen LogP contribution in [-0.2, 0) is 9.84 Å². The Labute approximate surface area is 104 Å². The number of hydrogen-bond acceptors (Lipinski definition) is 3. The highest BCUT2D eigenvalue weighted by Crippen LogP contribution is 2.18. The van der Waals surface area contributed by atoms with Gasteiger partial charge < -0.3 is 4.90 Å². The van der Waals surface area contributed by atoms with Gasteiger partial charge in [0.05, 0.1) is 4.90 Å². The molecule has 0 saturated carbocycles. The van der Waals surface area contributed by atoms with E-state index in [2.05, 4.69) is 18.7 Å². The molecule has 0 spiro atoms. The summed E-state index contributed by atoms with van der Waals surface area (Å²) in [5.74, 6) is 0. The van der Waals surface area contributed by atoms with Gasteiger partial charge in [0.25, 0.3) is 0 Å². The Bertz CT molecular complexity index is 431. The Hall–Kier alpha value is -1.03. The molecule has 0 amide bonds. The second-order valence-corrected chi connectivity index (χ2v) is 6.27. The summed E-state index contributed by atoms with van der Waals surface area (Å²) < 4.78 is 22.7. The predicted octanol–water partition coefficient (Wildman–Crippen LogP) is 2.72. The average Bonchev–Trinajstić information content (AvgIpc) is 2.28. The number of sulfone groups is 1. The monoisotopic (exact) mass is 255 g/mol. The van der Waals surface area contributed by atoms with Crippen molar-refractivity contribution in [3.8, 4) is 0 Å². The van der Waals surface area contributed by atoms with E-state index in [0.717, 1.165) is 31.6 Å². The molecule has 0 aliphatic heterocycles. The fourth-order valence-electron chi connectivity index (χ4n) is 1.81. The van der Waals surface area contributed by atoms with Crippen LogP contribution >= 0.6 is 0 Å². The van der Waals surface area contributed by atoms with Gasteiger partial charge in [-0.3, -0.25) is 0 Å². The molecule has 3 nitrogen and oxygen atoms in total. The van der Waals surface area contributed by atoms with E-state index in [1.54, 1.807) is 12.1 Å². The molecule has 0 radical (unpaired) electrons. The first-order chi connectivity index (χ1) is 7.99. The van der Waals surface area contributed by atoms with Gasteiger partial charge in [-0.05, 0) is 37.1 Å². The molecule has 0 saturated heterocycles. The van der Waals surface area contributed by atoms with E-state index in [1.165, 1.54) is 6.26 Å². The van der Waals surface area contributed by atoms with Crippen LogP contribution in [0.2, 0.25) is 0 Å². The number of nitrogens with zero attached hydrogens (tertiary/aromatic N) is 1. The van der Waals surface area contributed by atoms with Crippen molar-refractivity contribution >= 4 is 15.5 Å². The molecule has 0 aromatic heterocycles. The molecule has 1 rings (SSSR count). The van der Waals surface area contributed by atoms with Crippen molar-refractivity contribution in [3.05, 3.63) is 24.3 Å². The lowest BCUT2D eigenvalue weighted by molar-refractivity contribution is 0.602. The van der Waals surface area contributed by atoms with Crippen molar-refractivity contribution in [1.82, 2.24) is 0 Å². The van der Waals surface area contributed by atoms with Crippen LogP contribution in [0.25, 0.3) is 0 Å². The number of rotatable bonds is 6. The van der Waals surface area contributed by atoms with Gasteiger partial charge in [-0.2, -0.15) is 0 Å². The lowest BCUT2D eigenvalue weighted by Gasteiger charge is -2.23. The molecule has 96 valence electrons. The summed E-state index contributed by atoms with van der Waals surface area (Å²) >= 11 is 0. The molecule has 0 N–H and O–H groups in total. The van der Waals surface area contributed by atoms with Crippen molar-refractivity contribution in [2.24, 2.45) is 0 Å². The number of anilines is 1. The van der Waals surface area contributed by atoms with Crippen molar-refractivity contribution in [1.29, 1.82) is 0 Å². The lowest BCUT2D eigenvalue weighted by Crippen LogP contribution is -2.24. The second-order valence-electron chi connectivity index (χ2n) is 4.25. The van der Waals surface area contributed by atoms with Crippen LogP contribution in [0.15, 0.2) is 29.2 Å². The maximum Gasteiger partial charge on any atom is 0.175 e. The average molecular weight is 255 g/mol. The summed E-state index contributed by atoms with van der Waals surface area (Å²) in [6.45, 7) is 6.30. The summed E-state index contributed by atoms with van der Waals surface area (Å²) in [6, 6.07) is 7.15. The van der Waals surface area contributed by atoms with Gasteiger partial charge in [0.2, 0.25) is 0 Å². The Morgan fingerprint density at radius 1 is 1.00 bits per heavy atom. The largest absolute Gasteiger partial charge is 0.372 e. The van der Waals surface area contributed by atoms with Crippen molar-refractivity contribution < 1.29 is 8.42 Å². The first-order valence-corrected chi connectivity index (χ1v) is 7.93. The summed E-state index contributed by atoms with van der Waals surface area (Å²) in [4.78, 5) is 2.67. The van der Waals surface area contributed by atoms with Crippen LogP contribution in [0, 0.1) is 0 Å². The van der Waals surface area contributed by atoms with E-state index in [-0.39, 0.29) is 0 Å². The van der Waals surface area contributed by atoms with Crippen LogP contribution in [0.1, 0.15) is 26.7 Å². The van der Waals surface area contributed by atoms with Gasteiger partial charge in [-0.25, -0.2) is 8.42 Å². The van der Waals surface area contributed by atoms with E-state index in [1.807, 2.05) is 12.1 Å². The van der Waals surface area contributed by atoms with E-state index < -0.39 is 9.84 Å². The first kappa shape index (κ1) is 14.0. The molecular formula is C13H21NO2S. The van der Waals surface area contributed by atoms with Gasteiger partial charge in [-0.1, -0.05) is 13.8 Å². The third kappa shape index (κ3) is 4.04. The molecular weight excluding hydrogens is 234 g/mol. The molecule has 0 fully saturated rings. The fraction of sp³-hybridized carbons (Fsp3) is 0.538. The Balaban J connectivity index is 2.91. The Kier molecular flexibility index (Phi) is 5.00. The molecule has 0 bridgehead atoms. The van der Waals surface area contributed by atoms with Gasteiger partial charge in [-0.15, -0.1) is 0 Å². The third-order valence-corrected chi connectivity index (χ3v) is 3.75. The van der Waals surface area contributed by atoms with Crippen LogP contribution in [-0.4, -0.2) is 27.8 Å². The topological polar surface area (TPSA) is 37.4 Å². The molecule has 17 heavy (non-hydrogen) atoms. The van der Waals surface area contributed by atoms with Crippen LogP contribution in [0.3, 0.4) is 0 Å². The van der Waals surface area contributed by atoms with Gasteiger partial charge in [0.1, 0.15) is 0 Å². The van der Waals surface area contributed by atoms with Gasteiger partial charge in [0.15, 0.2) is 9.84 Å². The van der Waals surface area contributed by atoms with E-state index >= 15 is 0 Å². The lowest BCUT2D eigenvalue weighted by atomic mass is 10.2. The third-order valence-electron chi connectivity index (χ3n) is 2.62.